The van der Waals surface area contributed by atoms with Crippen LogP contribution in [-0.4, -0.2) is 119 Å². The quantitative estimate of drug-likeness (QED) is 0.0292. The predicted molar refractivity (Wildman–Crippen MR) is 267 cm³/mol. The van der Waals surface area contributed by atoms with Crippen molar-refractivity contribution in [3.05, 3.63) is 97.6 Å². The predicted octanol–water partition coefficient (Wildman–Crippen LogP) is 1.23. The standard InChI is InChI=1S/C53H62FN9O12/c1-4-53(73)35-19-40-49-33(25-63(40)51(71)34(35)26-75-52(53)72)48-37(15-14-32-30(3)36(54)20-38(61-49)47(32)48)59-45(68)27-74-28-58-43(66)22-57-50(70)39(18-31-11-7-5-8-12-31)60-44(67)23-56-42(65)21-55-41(64)13-9-6-10-16-62-24-29(2)17-46(62)69/h5,7-8,11-12,19-20,29,37,39,73H,4,6,9-10,13-18,21-28H2,1-3H3,(H,55,64)(H,56,65)(H,57,70)(H,58,66)(H,59,68)(H,60,67)/t29?,37-,39-,53-/m0/s1. The number of esters is 1. The first kappa shape index (κ1) is 53.7. The third-order valence-electron chi connectivity index (χ3n) is 14.3. The lowest BCUT2D eigenvalue weighted by molar-refractivity contribution is -0.172. The zero-order chi connectivity index (χ0) is 53.6. The first-order valence-corrected chi connectivity index (χ1v) is 25.3. The van der Waals surface area contributed by atoms with Crippen LogP contribution in [0.25, 0.3) is 22.3 Å². The molecule has 4 aliphatic rings. The number of benzene rings is 2. The molecule has 1 fully saturated rings. The van der Waals surface area contributed by atoms with Gasteiger partial charge in [-0.25, -0.2) is 14.2 Å². The number of cyclic esters (lactones) is 1. The lowest BCUT2D eigenvalue weighted by atomic mass is 9.81. The first-order chi connectivity index (χ1) is 35.9. The molecule has 21 nitrogen and oxygen atoms in total. The van der Waals surface area contributed by atoms with E-state index in [1.54, 1.807) is 50.2 Å². The van der Waals surface area contributed by atoms with Gasteiger partial charge in [0.05, 0.1) is 54.7 Å². The minimum Gasteiger partial charge on any atom is -0.458 e. The van der Waals surface area contributed by atoms with Crippen LogP contribution in [0.15, 0.2) is 47.3 Å². The van der Waals surface area contributed by atoms with Gasteiger partial charge in [0.2, 0.25) is 41.4 Å². The molecule has 5 heterocycles. The fourth-order valence-corrected chi connectivity index (χ4v) is 10.3. The highest BCUT2D eigenvalue weighted by molar-refractivity contribution is 5.95. The van der Waals surface area contributed by atoms with E-state index in [1.807, 2.05) is 11.8 Å². The molecular weight excluding hydrogens is 974 g/mol. The van der Waals surface area contributed by atoms with Crippen LogP contribution in [0, 0.1) is 18.7 Å². The summed E-state index contributed by atoms with van der Waals surface area (Å²) in [6, 6.07) is 9.94. The third-order valence-corrected chi connectivity index (χ3v) is 14.3. The van der Waals surface area contributed by atoms with E-state index in [0.717, 1.165) is 24.9 Å². The molecule has 1 aliphatic carbocycles. The summed E-state index contributed by atoms with van der Waals surface area (Å²) in [4.78, 5) is 123. The Morgan fingerprint density at radius 3 is 2.39 bits per heavy atom. The summed E-state index contributed by atoms with van der Waals surface area (Å²) < 4.78 is 27.6. The van der Waals surface area contributed by atoms with Crippen molar-refractivity contribution < 1.29 is 57.3 Å². The van der Waals surface area contributed by atoms with Gasteiger partial charge in [0.25, 0.3) is 5.56 Å². The number of aryl methyl sites for hydroxylation is 1. The lowest BCUT2D eigenvalue weighted by Crippen LogP contribution is -2.52. The Morgan fingerprint density at radius 1 is 0.907 bits per heavy atom. The highest BCUT2D eigenvalue weighted by atomic mass is 19.1. The number of pyridine rings is 2. The molecule has 0 saturated carbocycles. The van der Waals surface area contributed by atoms with E-state index in [2.05, 4.69) is 31.9 Å². The molecular formula is C53H62FN9O12. The number of hydrogen-bond acceptors (Lipinski definition) is 13. The molecule has 0 spiro atoms. The molecule has 75 heavy (non-hydrogen) atoms. The minimum absolute atomic E-state index is 0.0454. The first-order valence-electron chi connectivity index (χ1n) is 25.3. The molecule has 3 aliphatic heterocycles. The Labute approximate surface area is 431 Å². The number of likely N-dealkylation sites (tertiary alicyclic amines) is 1. The van der Waals surface area contributed by atoms with Crippen molar-refractivity contribution in [2.75, 3.05) is 46.1 Å². The van der Waals surface area contributed by atoms with E-state index in [4.69, 9.17) is 14.5 Å². The van der Waals surface area contributed by atoms with Gasteiger partial charge < -0.3 is 55.9 Å². The number of carbonyl (C=O) groups is 8. The summed E-state index contributed by atoms with van der Waals surface area (Å²) in [6.45, 7) is 4.24. The molecule has 398 valence electrons. The Hall–Kier alpha value is -7.59. The van der Waals surface area contributed by atoms with Crippen LogP contribution in [-0.2, 0) is 79.4 Å². The fourth-order valence-electron chi connectivity index (χ4n) is 10.3. The van der Waals surface area contributed by atoms with Crippen molar-refractivity contribution >= 4 is 58.2 Å². The van der Waals surface area contributed by atoms with Crippen molar-refractivity contribution in [1.82, 2.24) is 46.4 Å². The number of amides is 7. The number of halogens is 1. The molecule has 4 aromatic rings. The van der Waals surface area contributed by atoms with E-state index in [9.17, 15) is 48.3 Å². The molecule has 0 radical (unpaired) electrons. The van der Waals surface area contributed by atoms with Crippen LogP contribution in [0.3, 0.4) is 0 Å². The number of fused-ring (bicyclic) bond motifs is 5. The van der Waals surface area contributed by atoms with Gasteiger partial charge in [-0.3, -0.25) is 38.4 Å². The maximum absolute atomic E-state index is 15.4. The number of nitrogens with one attached hydrogen (secondary N) is 6. The van der Waals surface area contributed by atoms with Crippen molar-refractivity contribution in [1.29, 1.82) is 0 Å². The SMILES string of the molecule is CC[C@@]1(O)C(=O)OCc2c1cc1n(c2=O)Cc2c-1nc1cc(F)c(C)c3c1c2[C@@H](NC(=O)COCNC(=O)CNC(=O)[C@H](Cc1ccccc1)NC(=O)CNC(=O)CNC(=O)CCCCCN1CC(C)CC1=O)CC3. The highest BCUT2D eigenvalue weighted by Crippen LogP contribution is 2.46. The summed E-state index contributed by atoms with van der Waals surface area (Å²) >= 11 is 0. The number of unbranched alkanes of at least 4 members (excludes halogenated alkanes) is 2. The Bertz CT molecular complexity index is 3000. The molecule has 7 N–H and O–H groups in total. The van der Waals surface area contributed by atoms with Crippen LogP contribution in [0.1, 0.15) is 104 Å². The smallest absolute Gasteiger partial charge is 0.343 e. The topological polar surface area (TPSA) is 286 Å². The molecule has 4 atom stereocenters. The normalized spacial score (nSPS) is 18.5. The van der Waals surface area contributed by atoms with Crippen molar-refractivity contribution in [3.8, 4) is 11.4 Å². The van der Waals surface area contributed by atoms with Crippen LogP contribution < -0.4 is 37.5 Å². The second-order valence-electron chi connectivity index (χ2n) is 19.6. The number of rotatable bonds is 22. The molecule has 1 saturated heterocycles. The van der Waals surface area contributed by atoms with Crippen molar-refractivity contribution in [2.45, 2.75) is 109 Å². The van der Waals surface area contributed by atoms with E-state index >= 15 is 4.39 Å². The van der Waals surface area contributed by atoms with Gasteiger partial charge in [0.15, 0.2) is 5.60 Å². The Balaban J connectivity index is 0.803. The number of aliphatic hydroxyl groups is 1. The van der Waals surface area contributed by atoms with E-state index in [1.165, 1.54) is 10.6 Å². The van der Waals surface area contributed by atoms with E-state index in [-0.39, 0.29) is 61.9 Å². The molecule has 22 heteroatoms. The highest BCUT2D eigenvalue weighted by Gasteiger charge is 2.46. The monoisotopic (exact) mass is 1040 g/mol. The van der Waals surface area contributed by atoms with Gasteiger partial charge in [0, 0.05) is 54.9 Å². The van der Waals surface area contributed by atoms with E-state index in [0.29, 0.717) is 82.7 Å². The van der Waals surface area contributed by atoms with Gasteiger partial charge in [-0.05, 0) is 73.3 Å². The number of aromatic nitrogens is 2. The minimum atomic E-state index is -2.05. The maximum Gasteiger partial charge on any atom is 0.343 e. The summed E-state index contributed by atoms with van der Waals surface area (Å²) in [5, 5.41) is 27.5. The van der Waals surface area contributed by atoms with Crippen molar-refractivity contribution in [3.63, 3.8) is 0 Å². The average molecular weight is 1040 g/mol. The number of ether oxygens (including phenoxy) is 2. The average Bonchev–Trinajstić information content (AvgIpc) is 3.93. The van der Waals surface area contributed by atoms with Crippen LogP contribution in [0.2, 0.25) is 0 Å². The summed E-state index contributed by atoms with van der Waals surface area (Å²) in [5.74, 6) is -4.33. The lowest BCUT2D eigenvalue weighted by Gasteiger charge is -2.31. The van der Waals surface area contributed by atoms with Crippen LogP contribution >= 0.6 is 0 Å². The van der Waals surface area contributed by atoms with Crippen molar-refractivity contribution in [2.24, 2.45) is 5.92 Å². The molecule has 8 rings (SSSR count). The Morgan fingerprint density at radius 2 is 1.64 bits per heavy atom. The summed E-state index contributed by atoms with van der Waals surface area (Å²) in [7, 11) is 0. The van der Waals surface area contributed by atoms with Crippen LogP contribution in [0.4, 0.5) is 4.39 Å². The second-order valence-corrected chi connectivity index (χ2v) is 19.6. The zero-order valence-corrected chi connectivity index (χ0v) is 42.2. The molecule has 2 aromatic carbocycles. The summed E-state index contributed by atoms with van der Waals surface area (Å²) in [6.07, 6.45) is 3.70. The molecule has 7 amide bonds. The molecule has 2 aromatic heterocycles. The largest absolute Gasteiger partial charge is 0.458 e. The second kappa shape index (κ2) is 23.3. The van der Waals surface area contributed by atoms with Crippen LogP contribution in [0.5, 0.6) is 0 Å². The van der Waals surface area contributed by atoms with Gasteiger partial charge in [0.1, 0.15) is 31.8 Å². The van der Waals surface area contributed by atoms with Gasteiger partial charge in [-0.1, -0.05) is 50.6 Å². The number of hydrogen-bond donors (Lipinski definition) is 7. The maximum atomic E-state index is 15.4. The number of carbonyl (C=O) groups excluding carboxylic acids is 8. The molecule has 1 unspecified atom stereocenters. The van der Waals surface area contributed by atoms with Gasteiger partial charge in [-0.2, -0.15) is 0 Å². The van der Waals surface area contributed by atoms with E-state index < -0.39 is 91.0 Å². The molecule has 0 bridgehead atoms. The zero-order valence-electron chi connectivity index (χ0n) is 42.2. The summed E-state index contributed by atoms with van der Waals surface area (Å²) in [5.41, 5.74) is 1.92. The Kier molecular flexibility index (Phi) is 16.7. The third kappa shape index (κ3) is 12.0. The fraction of sp³-hybridized carbons (Fsp3) is 0.472. The van der Waals surface area contributed by atoms with Gasteiger partial charge >= 0.3 is 5.97 Å². The van der Waals surface area contributed by atoms with Gasteiger partial charge in [-0.15, -0.1) is 0 Å². The number of nitrogens with zero attached hydrogens (tertiary/aromatic N) is 3.